The van der Waals surface area contributed by atoms with Gasteiger partial charge in [-0.15, -0.1) is 11.3 Å². The molecule has 3 aromatic rings. The summed E-state index contributed by atoms with van der Waals surface area (Å²) in [5.41, 5.74) is 4.91. The van der Waals surface area contributed by atoms with Crippen LogP contribution in [0.15, 0.2) is 84.3 Å². The number of rotatable bonds is 5. The molecule has 1 aromatic heterocycles. The second-order valence-electron chi connectivity index (χ2n) is 7.86. The number of fused-ring (bicyclic) bond motifs is 1. The van der Waals surface area contributed by atoms with E-state index in [0.29, 0.717) is 16.9 Å². The van der Waals surface area contributed by atoms with Gasteiger partial charge in [0, 0.05) is 10.6 Å². The first kappa shape index (κ1) is 21.1. The fraction of sp³-hybridized carbons (Fsp3) is 0.160. The van der Waals surface area contributed by atoms with Crippen LogP contribution in [0.2, 0.25) is 0 Å². The van der Waals surface area contributed by atoms with Crippen molar-refractivity contribution in [1.29, 1.82) is 5.26 Å². The number of anilines is 2. The molecule has 2 N–H and O–H groups in total. The highest BCUT2D eigenvalue weighted by Gasteiger charge is 2.54. The number of aliphatic hydroxyl groups excluding tert-OH is 1. The molecule has 0 saturated carbocycles. The van der Waals surface area contributed by atoms with Crippen molar-refractivity contribution in [2.75, 3.05) is 10.3 Å². The monoisotopic (exact) mass is 456 g/mol. The van der Waals surface area contributed by atoms with Gasteiger partial charge in [0.05, 0.1) is 29.3 Å². The van der Waals surface area contributed by atoms with Crippen LogP contribution in [0.3, 0.4) is 0 Å². The molecule has 2 aliphatic heterocycles. The maximum Gasteiger partial charge on any atom is 0.254 e. The number of nitriles is 1. The highest BCUT2D eigenvalue weighted by atomic mass is 32.1. The van der Waals surface area contributed by atoms with Gasteiger partial charge in [0.2, 0.25) is 5.91 Å². The van der Waals surface area contributed by atoms with Crippen LogP contribution in [0.5, 0.6) is 0 Å². The number of para-hydroxylation sites is 1. The summed E-state index contributed by atoms with van der Waals surface area (Å²) in [5, 5.41) is 23.8. The third kappa shape index (κ3) is 3.72. The number of carbonyl (C=O) groups is 2. The number of benzene rings is 2. The second kappa shape index (κ2) is 8.64. The van der Waals surface area contributed by atoms with Crippen molar-refractivity contribution in [3.8, 4) is 6.07 Å². The molecule has 1 fully saturated rings. The minimum absolute atomic E-state index is 0.303. The largest absolute Gasteiger partial charge is 0.386 e. The van der Waals surface area contributed by atoms with Gasteiger partial charge in [-0.25, -0.2) is 9.91 Å². The Balaban J connectivity index is 1.54. The van der Waals surface area contributed by atoms with E-state index in [0.717, 1.165) is 4.88 Å². The Labute approximate surface area is 194 Å². The number of imide groups is 1. The molecule has 7 nitrogen and oxygen atoms in total. The van der Waals surface area contributed by atoms with Crippen LogP contribution in [-0.4, -0.2) is 34.0 Å². The summed E-state index contributed by atoms with van der Waals surface area (Å²) in [6.45, 7) is 0. The first-order valence-corrected chi connectivity index (χ1v) is 11.3. The van der Waals surface area contributed by atoms with Crippen LogP contribution < -0.4 is 10.3 Å². The molecule has 3 heterocycles. The van der Waals surface area contributed by atoms with Crippen molar-refractivity contribution in [2.45, 2.75) is 18.2 Å². The van der Waals surface area contributed by atoms with Gasteiger partial charge in [0.25, 0.3) is 5.91 Å². The number of nitrogens with zero attached hydrogens (tertiary/aromatic N) is 3. The van der Waals surface area contributed by atoms with Crippen LogP contribution >= 0.6 is 11.3 Å². The average molecular weight is 457 g/mol. The molecule has 2 aromatic carbocycles. The van der Waals surface area contributed by atoms with Crippen LogP contribution in [-0.2, 0) is 9.59 Å². The van der Waals surface area contributed by atoms with Gasteiger partial charge in [-0.2, -0.15) is 5.26 Å². The lowest BCUT2D eigenvalue weighted by atomic mass is 9.92. The van der Waals surface area contributed by atoms with Gasteiger partial charge in [0.15, 0.2) is 0 Å². The van der Waals surface area contributed by atoms with E-state index in [1.54, 1.807) is 65.7 Å². The fourth-order valence-electron chi connectivity index (χ4n) is 4.30. The third-order valence-electron chi connectivity index (χ3n) is 5.90. The van der Waals surface area contributed by atoms with E-state index in [4.69, 9.17) is 5.26 Å². The smallest absolute Gasteiger partial charge is 0.254 e. The average Bonchev–Trinajstić information content (AvgIpc) is 3.47. The second-order valence-corrected chi connectivity index (χ2v) is 8.84. The zero-order chi connectivity index (χ0) is 22.9. The SMILES string of the molecule is N#Cc1ccc(NN2C(C(O)c3cccs3)C=CC3C(=O)N(c4ccccc4)C(=O)C32)cc1. The minimum atomic E-state index is -0.901. The van der Waals surface area contributed by atoms with Crippen molar-refractivity contribution in [3.63, 3.8) is 0 Å². The Bertz CT molecular complexity index is 1230. The van der Waals surface area contributed by atoms with Crippen LogP contribution in [0, 0.1) is 17.2 Å². The molecule has 164 valence electrons. The molecule has 5 rings (SSSR count). The van der Waals surface area contributed by atoms with Crippen LogP contribution in [0.25, 0.3) is 0 Å². The van der Waals surface area contributed by atoms with E-state index >= 15 is 0 Å². The Morgan fingerprint density at radius 1 is 0.970 bits per heavy atom. The van der Waals surface area contributed by atoms with E-state index in [-0.39, 0.29) is 11.8 Å². The van der Waals surface area contributed by atoms with Gasteiger partial charge >= 0.3 is 0 Å². The van der Waals surface area contributed by atoms with Crippen LogP contribution in [0.4, 0.5) is 11.4 Å². The summed E-state index contributed by atoms with van der Waals surface area (Å²) >= 11 is 1.43. The lowest BCUT2D eigenvalue weighted by Crippen LogP contribution is -2.55. The van der Waals surface area contributed by atoms with E-state index in [2.05, 4.69) is 11.5 Å². The van der Waals surface area contributed by atoms with Crippen molar-refractivity contribution >= 4 is 34.5 Å². The number of thiophene rings is 1. The minimum Gasteiger partial charge on any atom is -0.386 e. The number of amides is 2. The molecule has 2 aliphatic rings. The highest BCUT2D eigenvalue weighted by molar-refractivity contribution is 7.10. The molecule has 0 spiro atoms. The van der Waals surface area contributed by atoms with Crippen LogP contribution in [0.1, 0.15) is 16.5 Å². The summed E-state index contributed by atoms with van der Waals surface area (Å²) in [6, 6.07) is 20.0. The molecule has 0 bridgehead atoms. The Hall–Kier alpha value is -3.77. The Kier molecular flexibility index (Phi) is 5.52. The van der Waals surface area contributed by atoms with E-state index in [9.17, 15) is 14.7 Å². The predicted octanol–water partition coefficient (Wildman–Crippen LogP) is 3.48. The number of hydrogen-bond acceptors (Lipinski definition) is 7. The molecule has 1 saturated heterocycles. The quantitative estimate of drug-likeness (QED) is 0.451. The summed E-state index contributed by atoms with van der Waals surface area (Å²) < 4.78 is 0. The number of hydrogen-bond donors (Lipinski definition) is 2. The van der Waals surface area contributed by atoms with Gasteiger partial charge in [-0.3, -0.25) is 9.59 Å². The van der Waals surface area contributed by atoms with Gasteiger partial charge in [0.1, 0.15) is 12.1 Å². The van der Waals surface area contributed by atoms with Gasteiger partial charge in [-0.05, 0) is 47.8 Å². The van der Waals surface area contributed by atoms with E-state index in [1.807, 2.05) is 23.6 Å². The van der Waals surface area contributed by atoms with Crippen molar-refractivity contribution in [3.05, 3.63) is 94.7 Å². The third-order valence-corrected chi connectivity index (χ3v) is 6.84. The molecule has 8 heteroatoms. The summed E-state index contributed by atoms with van der Waals surface area (Å²) in [7, 11) is 0. The highest BCUT2D eigenvalue weighted by Crippen LogP contribution is 2.38. The summed E-state index contributed by atoms with van der Waals surface area (Å²) in [4.78, 5) is 28.8. The fourth-order valence-corrected chi connectivity index (χ4v) is 5.05. The van der Waals surface area contributed by atoms with E-state index in [1.165, 1.54) is 16.2 Å². The maximum atomic E-state index is 13.6. The number of aliphatic hydroxyl groups is 1. The number of carbonyl (C=O) groups excluding carboxylic acids is 2. The van der Waals surface area contributed by atoms with Crippen molar-refractivity contribution in [2.24, 2.45) is 5.92 Å². The molecule has 0 radical (unpaired) electrons. The summed E-state index contributed by atoms with van der Waals surface area (Å²) in [5.74, 6) is -1.34. The molecule has 2 amide bonds. The zero-order valence-corrected chi connectivity index (χ0v) is 18.2. The molecule has 4 unspecified atom stereocenters. The van der Waals surface area contributed by atoms with Gasteiger partial charge in [-0.1, -0.05) is 36.4 Å². The molecule has 0 aliphatic carbocycles. The number of hydrazine groups is 1. The topological polar surface area (TPSA) is 96.7 Å². The first-order valence-electron chi connectivity index (χ1n) is 10.5. The lowest BCUT2D eigenvalue weighted by molar-refractivity contribution is -0.123. The molecule has 33 heavy (non-hydrogen) atoms. The Morgan fingerprint density at radius 3 is 2.39 bits per heavy atom. The first-order chi connectivity index (χ1) is 16.1. The lowest BCUT2D eigenvalue weighted by Gasteiger charge is -2.40. The maximum absolute atomic E-state index is 13.6. The normalized spacial score (nSPS) is 23.3. The molecular weight excluding hydrogens is 436 g/mol. The Morgan fingerprint density at radius 2 is 1.73 bits per heavy atom. The van der Waals surface area contributed by atoms with E-state index < -0.39 is 24.1 Å². The summed E-state index contributed by atoms with van der Waals surface area (Å²) in [6.07, 6.45) is 2.61. The standard InChI is InChI=1S/C25H20N4O3S/c26-15-16-8-10-17(11-9-16)27-29-20(23(30)21-7-4-14-33-21)13-12-19-22(29)25(32)28(24(19)31)18-5-2-1-3-6-18/h1-14,19-20,22-23,27,30H. The molecule has 4 atom stereocenters. The predicted molar refractivity (Wildman–Crippen MR) is 125 cm³/mol. The number of nitrogens with one attached hydrogen (secondary N) is 1. The zero-order valence-electron chi connectivity index (χ0n) is 17.4. The van der Waals surface area contributed by atoms with Crippen molar-refractivity contribution < 1.29 is 14.7 Å². The molecular formula is C25H20N4O3S. The van der Waals surface area contributed by atoms with Gasteiger partial charge < -0.3 is 10.5 Å². The van der Waals surface area contributed by atoms with Crippen molar-refractivity contribution in [1.82, 2.24) is 5.01 Å².